The fourth-order valence-corrected chi connectivity index (χ4v) is 3.11. The average molecular weight is 426 g/mol. The van der Waals surface area contributed by atoms with Crippen LogP contribution in [0.25, 0.3) is 0 Å². The summed E-state index contributed by atoms with van der Waals surface area (Å²) in [7, 11) is 0. The van der Waals surface area contributed by atoms with Crippen molar-refractivity contribution < 1.29 is 14.3 Å². The van der Waals surface area contributed by atoms with E-state index < -0.39 is 5.91 Å². The van der Waals surface area contributed by atoms with E-state index in [-0.39, 0.29) is 5.91 Å². The highest BCUT2D eigenvalue weighted by Gasteiger charge is 2.09. The number of nitrogens with one attached hydrogen (secondary N) is 1. The molecule has 160 valence electrons. The van der Waals surface area contributed by atoms with Crippen LogP contribution in [0.15, 0.2) is 91.3 Å². The van der Waals surface area contributed by atoms with Crippen molar-refractivity contribution in [2.24, 2.45) is 5.73 Å². The molecule has 0 saturated heterocycles. The van der Waals surface area contributed by atoms with Gasteiger partial charge in [0.2, 0.25) is 5.91 Å². The van der Waals surface area contributed by atoms with Crippen LogP contribution in [0.5, 0.6) is 11.5 Å². The zero-order valence-corrected chi connectivity index (χ0v) is 17.3. The van der Waals surface area contributed by atoms with Crippen molar-refractivity contribution >= 4 is 11.8 Å². The third kappa shape index (κ3) is 5.40. The van der Waals surface area contributed by atoms with Gasteiger partial charge >= 0.3 is 0 Å². The summed E-state index contributed by atoms with van der Waals surface area (Å²) in [6, 6.07) is 24.1. The Kier molecular flexibility index (Phi) is 6.27. The first-order valence-electron chi connectivity index (χ1n) is 10.1. The summed E-state index contributed by atoms with van der Waals surface area (Å²) in [5.41, 5.74) is 8.05. The number of carbonyl (C=O) groups excluding carboxylic acids is 2. The van der Waals surface area contributed by atoms with Crippen LogP contribution < -0.4 is 15.8 Å². The summed E-state index contributed by atoms with van der Waals surface area (Å²) >= 11 is 0. The van der Waals surface area contributed by atoms with E-state index in [4.69, 9.17) is 10.5 Å². The van der Waals surface area contributed by atoms with Crippen LogP contribution in [-0.2, 0) is 13.1 Å². The molecule has 0 bridgehead atoms. The minimum Gasteiger partial charge on any atom is -0.457 e. The molecule has 2 amide bonds. The van der Waals surface area contributed by atoms with Crippen LogP contribution in [-0.4, -0.2) is 21.6 Å². The normalized spacial score (nSPS) is 10.5. The third-order valence-electron chi connectivity index (χ3n) is 4.83. The number of amides is 2. The van der Waals surface area contributed by atoms with Gasteiger partial charge in [-0.15, -0.1) is 0 Å². The van der Waals surface area contributed by atoms with Gasteiger partial charge < -0.3 is 15.8 Å². The van der Waals surface area contributed by atoms with Crippen molar-refractivity contribution in [3.63, 3.8) is 0 Å². The highest BCUT2D eigenvalue weighted by Crippen LogP contribution is 2.21. The van der Waals surface area contributed by atoms with E-state index >= 15 is 0 Å². The number of ether oxygens (including phenoxy) is 1. The lowest BCUT2D eigenvalue weighted by Crippen LogP contribution is -2.22. The second-order valence-electron chi connectivity index (χ2n) is 7.23. The Hall–Kier alpha value is -4.39. The van der Waals surface area contributed by atoms with Crippen LogP contribution >= 0.6 is 0 Å². The molecule has 1 heterocycles. The van der Waals surface area contributed by atoms with Gasteiger partial charge in [0.05, 0.1) is 18.3 Å². The Morgan fingerprint density at radius 1 is 0.844 bits per heavy atom. The monoisotopic (exact) mass is 426 g/mol. The largest absolute Gasteiger partial charge is 0.457 e. The first-order chi connectivity index (χ1) is 15.6. The number of nitrogens with two attached hydrogens (primary N) is 1. The van der Waals surface area contributed by atoms with Gasteiger partial charge in [0.15, 0.2) is 0 Å². The predicted molar refractivity (Wildman–Crippen MR) is 120 cm³/mol. The number of benzene rings is 3. The first kappa shape index (κ1) is 20.9. The Labute approximate surface area is 185 Å². The lowest BCUT2D eigenvalue weighted by molar-refractivity contribution is 0.0949. The number of para-hydroxylation sites is 1. The first-order valence-corrected chi connectivity index (χ1v) is 10.1. The molecule has 0 aliphatic carbocycles. The molecule has 0 saturated carbocycles. The van der Waals surface area contributed by atoms with E-state index in [1.54, 1.807) is 41.3 Å². The third-order valence-corrected chi connectivity index (χ3v) is 4.83. The second kappa shape index (κ2) is 9.61. The summed E-state index contributed by atoms with van der Waals surface area (Å²) in [5, 5.41) is 7.13. The molecule has 0 radical (unpaired) electrons. The number of primary amides is 1. The van der Waals surface area contributed by atoms with E-state index in [1.165, 1.54) is 0 Å². The van der Waals surface area contributed by atoms with Gasteiger partial charge in [-0.1, -0.05) is 42.5 Å². The summed E-state index contributed by atoms with van der Waals surface area (Å²) < 4.78 is 7.51. The van der Waals surface area contributed by atoms with Gasteiger partial charge in [-0.2, -0.15) is 5.10 Å². The van der Waals surface area contributed by atoms with Crippen molar-refractivity contribution in [1.29, 1.82) is 0 Å². The highest BCUT2D eigenvalue weighted by molar-refractivity contribution is 5.94. The number of carbonyl (C=O) groups is 2. The fourth-order valence-electron chi connectivity index (χ4n) is 3.11. The summed E-state index contributed by atoms with van der Waals surface area (Å²) in [6.45, 7) is 0.874. The Morgan fingerprint density at radius 3 is 2.19 bits per heavy atom. The van der Waals surface area contributed by atoms with Crippen molar-refractivity contribution in [2.75, 3.05) is 0 Å². The molecule has 0 spiro atoms. The average Bonchev–Trinajstić information content (AvgIpc) is 3.28. The lowest BCUT2D eigenvalue weighted by atomic mass is 10.1. The van der Waals surface area contributed by atoms with Crippen LogP contribution in [0, 0.1) is 0 Å². The van der Waals surface area contributed by atoms with Gasteiger partial charge in [-0.25, -0.2) is 0 Å². The van der Waals surface area contributed by atoms with E-state index in [1.807, 2.05) is 54.6 Å². The molecule has 32 heavy (non-hydrogen) atoms. The molecule has 4 rings (SSSR count). The molecular weight excluding hydrogens is 404 g/mol. The highest BCUT2D eigenvalue weighted by atomic mass is 16.5. The molecule has 0 unspecified atom stereocenters. The van der Waals surface area contributed by atoms with Gasteiger partial charge in [0, 0.05) is 18.3 Å². The van der Waals surface area contributed by atoms with E-state index in [0.29, 0.717) is 24.2 Å². The summed E-state index contributed by atoms with van der Waals surface area (Å²) in [5.74, 6) is 0.837. The quantitative estimate of drug-likeness (QED) is 0.448. The molecule has 7 heteroatoms. The maximum Gasteiger partial charge on any atom is 0.254 e. The van der Waals surface area contributed by atoms with Crippen molar-refractivity contribution in [3.8, 4) is 11.5 Å². The van der Waals surface area contributed by atoms with Crippen LogP contribution in [0.2, 0.25) is 0 Å². The molecule has 0 aliphatic heterocycles. The molecule has 3 N–H and O–H groups in total. The Bertz CT molecular complexity index is 1200. The fraction of sp³-hybridized carbons (Fsp3) is 0.0800. The van der Waals surface area contributed by atoms with Gasteiger partial charge in [-0.05, 0) is 47.5 Å². The van der Waals surface area contributed by atoms with E-state index in [9.17, 15) is 9.59 Å². The maximum atomic E-state index is 12.4. The molecule has 4 aromatic rings. The van der Waals surface area contributed by atoms with Gasteiger partial charge in [0.25, 0.3) is 5.91 Å². The van der Waals surface area contributed by atoms with E-state index in [2.05, 4.69) is 10.4 Å². The minimum absolute atomic E-state index is 0.221. The van der Waals surface area contributed by atoms with Crippen molar-refractivity contribution in [2.45, 2.75) is 13.1 Å². The molecule has 7 nitrogen and oxygen atoms in total. The minimum atomic E-state index is -0.480. The number of hydrogen-bond acceptors (Lipinski definition) is 4. The van der Waals surface area contributed by atoms with Gasteiger partial charge in [0.1, 0.15) is 11.5 Å². The topological polar surface area (TPSA) is 99.2 Å². The zero-order chi connectivity index (χ0) is 22.3. The molecule has 1 aromatic heterocycles. The maximum absolute atomic E-state index is 12.4. The molecule has 0 aliphatic rings. The van der Waals surface area contributed by atoms with Crippen molar-refractivity contribution in [1.82, 2.24) is 15.1 Å². The Balaban J connectivity index is 1.31. The number of aromatic nitrogens is 2. The standard InChI is InChI=1S/C25H22N4O3/c26-24(30)20-10-6-18(7-11-20)14-27-25(31)21-15-28-29(17-21)16-19-8-12-23(13-9-19)32-22-4-2-1-3-5-22/h1-13,15,17H,14,16H2,(H2,26,30)(H,27,31). The number of rotatable bonds is 8. The lowest BCUT2D eigenvalue weighted by Gasteiger charge is -2.07. The summed E-state index contributed by atoms with van der Waals surface area (Å²) in [4.78, 5) is 23.5. The predicted octanol–water partition coefficient (Wildman–Crippen LogP) is 3.75. The van der Waals surface area contributed by atoms with Crippen LogP contribution in [0.3, 0.4) is 0 Å². The number of nitrogens with zero attached hydrogens (tertiary/aromatic N) is 2. The number of hydrogen-bond donors (Lipinski definition) is 2. The SMILES string of the molecule is NC(=O)c1ccc(CNC(=O)c2cnn(Cc3ccc(Oc4ccccc4)cc3)c2)cc1. The van der Waals surface area contributed by atoms with Crippen LogP contribution in [0.1, 0.15) is 31.8 Å². The molecular formula is C25H22N4O3. The van der Waals surface area contributed by atoms with Crippen LogP contribution in [0.4, 0.5) is 0 Å². The smallest absolute Gasteiger partial charge is 0.254 e. The molecule has 0 fully saturated rings. The van der Waals surface area contributed by atoms with Crippen molar-refractivity contribution in [3.05, 3.63) is 114 Å². The summed E-state index contributed by atoms with van der Waals surface area (Å²) in [6.07, 6.45) is 3.25. The van der Waals surface area contributed by atoms with E-state index in [0.717, 1.165) is 22.6 Å². The molecule has 0 atom stereocenters. The Morgan fingerprint density at radius 2 is 1.50 bits per heavy atom. The zero-order valence-electron chi connectivity index (χ0n) is 17.3. The molecule has 3 aromatic carbocycles. The van der Waals surface area contributed by atoms with Gasteiger partial charge in [-0.3, -0.25) is 14.3 Å². The second-order valence-corrected chi connectivity index (χ2v) is 7.23.